The summed E-state index contributed by atoms with van der Waals surface area (Å²) in [7, 11) is 0. The Bertz CT molecular complexity index is 398. The largest absolute Gasteiger partial charge is 0.278 e. The highest BCUT2D eigenvalue weighted by molar-refractivity contribution is 9.08. The summed E-state index contributed by atoms with van der Waals surface area (Å²) >= 11 is 3.37. The molecule has 0 saturated carbocycles. The molecule has 1 aliphatic rings. The van der Waals surface area contributed by atoms with E-state index < -0.39 is 0 Å². The molecule has 2 rings (SSSR count). The minimum absolute atomic E-state index is 0.0606. The Labute approximate surface area is 116 Å². The van der Waals surface area contributed by atoms with Gasteiger partial charge in [0.25, 0.3) is 0 Å². The van der Waals surface area contributed by atoms with Crippen molar-refractivity contribution in [2.24, 2.45) is 0 Å². The second-order valence-electron chi connectivity index (χ2n) is 3.82. The van der Waals surface area contributed by atoms with E-state index in [9.17, 15) is 9.59 Å². The molecule has 1 aromatic rings. The SMILES string of the molecule is CC.O=C1CCC(=O)N1Cc1ccc(CBr)cc1. The number of amides is 2. The Morgan fingerprint density at radius 3 is 1.89 bits per heavy atom. The number of rotatable bonds is 3. The second kappa shape index (κ2) is 7.31. The Morgan fingerprint density at radius 2 is 1.44 bits per heavy atom. The van der Waals surface area contributed by atoms with Crippen molar-refractivity contribution < 1.29 is 9.59 Å². The van der Waals surface area contributed by atoms with Crippen LogP contribution in [0.25, 0.3) is 0 Å². The summed E-state index contributed by atoms with van der Waals surface area (Å²) in [6, 6.07) is 7.90. The highest BCUT2D eigenvalue weighted by Crippen LogP contribution is 2.16. The van der Waals surface area contributed by atoms with Crippen molar-refractivity contribution in [3.8, 4) is 0 Å². The minimum atomic E-state index is -0.0606. The number of likely N-dealkylation sites (tertiary alicyclic amines) is 1. The molecule has 0 unspecified atom stereocenters. The van der Waals surface area contributed by atoms with Crippen LogP contribution >= 0.6 is 15.9 Å². The summed E-state index contributed by atoms with van der Waals surface area (Å²) in [5.74, 6) is -0.121. The predicted molar refractivity (Wildman–Crippen MR) is 75.2 cm³/mol. The highest BCUT2D eigenvalue weighted by atomic mass is 79.9. The van der Waals surface area contributed by atoms with Crippen LogP contribution in [0.3, 0.4) is 0 Å². The number of carbonyl (C=O) groups excluding carboxylic acids is 2. The first kappa shape index (κ1) is 14.9. The molecule has 1 fully saturated rings. The van der Waals surface area contributed by atoms with Crippen LogP contribution in [0.2, 0.25) is 0 Å². The van der Waals surface area contributed by atoms with E-state index in [1.807, 2.05) is 38.1 Å². The quantitative estimate of drug-likeness (QED) is 0.634. The molecule has 4 heteroatoms. The van der Waals surface area contributed by atoms with Gasteiger partial charge in [0.1, 0.15) is 0 Å². The lowest BCUT2D eigenvalue weighted by atomic mass is 10.1. The molecule has 0 aromatic heterocycles. The van der Waals surface area contributed by atoms with Crippen molar-refractivity contribution in [1.29, 1.82) is 0 Å². The lowest BCUT2D eigenvalue weighted by Crippen LogP contribution is -2.28. The molecule has 0 spiro atoms. The number of imide groups is 1. The first-order valence-corrected chi connectivity index (χ1v) is 7.30. The van der Waals surface area contributed by atoms with Gasteiger partial charge in [-0.3, -0.25) is 14.5 Å². The molecule has 98 valence electrons. The standard InChI is InChI=1S/C12H12BrNO2.C2H6/c13-7-9-1-3-10(4-2-9)8-14-11(15)5-6-12(14)16;1-2/h1-4H,5-8H2;1-2H3. The van der Waals surface area contributed by atoms with E-state index in [0.29, 0.717) is 19.4 Å². The number of nitrogens with zero attached hydrogens (tertiary/aromatic N) is 1. The fourth-order valence-electron chi connectivity index (χ4n) is 1.72. The van der Waals surface area contributed by atoms with E-state index in [2.05, 4.69) is 15.9 Å². The molecule has 0 atom stereocenters. The summed E-state index contributed by atoms with van der Waals surface area (Å²) in [6.07, 6.45) is 0.719. The lowest BCUT2D eigenvalue weighted by Gasteiger charge is -2.13. The van der Waals surface area contributed by atoms with E-state index in [0.717, 1.165) is 10.9 Å². The van der Waals surface area contributed by atoms with Crippen molar-refractivity contribution in [1.82, 2.24) is 4.90 Å². The van der Waals surface area contributed by atoms with Gasteiger partial charge in [0.2, 0.25) is 11.8 Å². The van der Waals surface area contributed by atoms with Gasteiger partial charge in [-0.25, -0.2) is 0 Å². The van der Waals surface area contributed by atoms with Gasteiger partial charge in [0, 0.05) is 18.2 Å². The summed E-state index contributed by atoms with van der Waals surface area (Å²) < 4.78 is 0. The van der Waals surface area contributed by atoms with Crippen LogP contribution in [0.4, 0.5) is 0 Å². The molecule has 0 bridgehead atoms. The third kappa shape index (κ3) is 3.67. The number of carbonyl (C=O) groups is 2. The van der Waals surface area contributed by atoms with Crippen LogP contribution in [-0.2, 0) is 21.5 Å². The van der Waals surface area contributed by atoms with Gasteiger partial charge in [-0.05, 0) is 11.1 Å². The molecular weight excluding hydrogens is 294 g/mol. The summed E-state index contributed by atoms with van der Waals surface area (Å²) in [5, 5.41) is 0.814. The molecule has 0 N–H and O–H groups in total. The number of benzene rings is 1. The zero-order valence-corrected chi connectivity index (χ0v) is 12.4. The summed E-state index contributed by atoms with van der Waals surface area (Å²) in [6.45, 7) is 4.40. The van der Waals surface area contributed by atoms with Gasteiger partial charge in [0.15, 0.2) is 0 Å². The second-order valence-corrected chi connectivity index (χ2v) is 4.38. The van der Waals surface area contributed by atoms with E-state index in [1.165, 1.54) is 10.5 Å². The van der Waals surface area contributed by atoms with Crippen molar-refractivity contribution in [2.45, 2.75) is 38.6 Å². The molecule has 0 radical (unpaired) electrons. The molecule has 18 heavy (non-hydrogen) atoms. The number of alkyl halides is 1. The molecular formula is C14H18BrNO2. The Kier molecular flexibility index (Phi) is 6.05. The van der Waals surface area contributed by atoms with Crippen LogP contribution in [-0.4, -0.2) is 16.7 Å². The number of halogens is 1. The normalized spacial score (nSPS) is 14.5. The van der Waals surface area contributed by atoms with E-state index in [-0.39, 0.29) is 11.8 Å². The van der Waals surface area contributed by atoms with Gasteiger partial charge in [-0.2, -0.15) is 0 Å². The first-order chi connectivity index (χ1) is 8.70. The lowest BCUT2D eigenvalue weighted by molar-refractivity contribution is -0.139. The maximum Gasteiger partial charge on any atom is 0.229 e. The highest BCUT2D eigenvalue weighted by Gasteiger charge is 2.28. The van der Waals surface area contributed by atoms with Crippen LogP contribution in [0.1, 0.15) is 37.8 Å². The van der Waals surface area contributed by atoms with Crippen molar-refractivity contribution in [3.63, 3.8) is 0 Å². The van der Waals surface area contributed by atoms with Gasteiger partial charge in [-0.1, -0.05) is 54.0 Å². The molecule has 2 amide bonds. The topological polar surface area (TPSA) is 37.4 Å². The predicted octanol–water partition coefficient (Wildman–Crippen LogP) is 3.26. The third-order valence-electron chi connectivity index (χ3n) is 2.67. The maximum atomic E-state index is 11.4. The van der Waals surface area contributed by atoms with E-state index in [4.69, 9.17) is 0 Å². The summed E-state index contributed by atoms with van der Waals surface area (Å²) in [4.78, 5) is 24.2. The zero-order valence-electron chi connectivity index (χ0n) is 10.8. The third-order valence-corrected chi connectivity index (χ3v) is 3.32. The number of hydrogen-bond acceptors (Lipinski definition) is 2. The Hall–Kier alpha value is -1.16. The van der Waals surface area contributed by atoms with Crippen LogP contribution in [0.5, 0.6) is 0 Å². The van der Waals surface area contributed by atoms with Gasteiger partial charge >= 0.3 is 0 Å². The van der Waals surface area contributed by atoms with Crippen LogP contribution < -0.4 is 0 Å². The summed E-state index contributed by atoms with van der Waals surface area (Å²) in [5.41, 5.74) is 2.18. The minimum Gasteiger partial charge on any atom is -0.278 e. The average molecular weight is 312 g/mol. The average Bonchev–Trinajstić information content (AvgIpc) is 2.74. The molecule has 1 heterocycles. The van der Waals surface area contributed by atoms with Gasteiger partial charge < -0.3 is 0 Å². The molecule has 1 saturated heterocycles. The van der Waals surface area contributed by atoms with Crippen LogP contribution in [0.15, 0.2) is 24.3 Å². The van der Waals surface area contributed by atoms with Crippen molar-refractivity contribution >= 4 is 27.7 Å². The van der Waals surface area contributed by atoms with Crippen molar-refractivity contribution in [2.75, 3.05) is 0 Å². The van der Waals surface area contributed by atoms with E-state index in [1.54, 1.807) is 0 Å². The van der Waals surface area contributed by atoms with E-state index >= 15 is 0 Å². The van der Waals surface area contributed by atoms with Crippen LogP contribution in [0, 0.1) is 0 Å². The fourth-order valence-corrected chi connectivity index (χ4v) is 2.09. The monoisotopic (exact) mass is 311 g/mol. The van der Waals surface area contributed by atoms with Gasteiger partial charge in [0.05, 0.1) is 6.54 Å². The zero-order chi connectivity index (χ0) is 13.5. The molecule has 3 nitrogen and oxygen atoms in total. The Morgan fingerprint density at radius 1 is 1.00 bits per heavy atom. The fraction of sp³-hybridized carbons (Fsp3) is 0.429. The molecule has 1 aliphatic heterocycles. The smallest absolute Gasteiger partial charge is 0.229 e. The van der Waals surface area contributed by atoms with Gasteiger partial charge in [-0.15, -0.1) is 0 Å². The number of hydrogen-bond donors (Lipinski definition) is 0. The molecule has 1 aromatic carbocycles. The Balaban J connectivity index is 0.000000771. The van der Waals surface area contributed by atoms with Crippen molar-refractivity contribution in [3.05, 3.63) is 35.4 Å². The molecule has 0 aliphatic carbocycles. The first-order valence-electron chi connectivity index (χ1n) is 6.17. The maximum absolute atomic E-state index is 11.4.